The molecule has 0 spiro atoms. The van der Waals surface area contributed by atoms with Crippen LogP contribution in [-0.4, -0.2) is 23.8 Å². The highest BCUT2D eigenvalue weighted by Gasteiger charge is 2.25. The number of aliphatic hydroxyl groups excluding tert-OH is 1. The topological polar surface area (TPSA) is 74.5 Å². The molecule has 1 aromatic rings. The molecule has 5 nitrogen and oxygen atoms in total. The summed E-state index contributed by atoms with van der Waals surface area (Å²) in [6.45, 7) is 3.92. The van der Waals surface area contributed by atoms with Crippen LogP contribution in [0.15, 0.2) is 16.5 Å². The van der Waals surface area contributed by atoms with Crippen LogP contribution < -0.4 is 10.6 Å². The molecule has 0 radical (unpaired) electrons. The van der Waals surface area contributed by atoms with Gasteiger partial charge in [0.15, 0.2) is 0 Å². The van der Waals surface area contributed by atoms with Crippen LogP contribution in [0.4, 0.5) is 4.79 Å². The molecule has 1 aromatic heterocycles. The molecule has 1 aliphatic carbocycles. The fourth-order valence-corrected chi connectivity index (χ4v) is 2.96. The van der Waals surface area contributed by atoms with Gasteiger partial charge in [-0.1, -0.05) is 19.3 Å². The van der Waals surface area contributed by atoms with Gasteiger partial charge in [-0.05, 0) is 38.8 Å². The first-order valence-electron chi connectivity index (χ1n) is 7.84. The highest BCUT2D eigenvalue weighted by molar-refractivity contribution is 5.74. The van der Waals surface area contributed by atoms with E-state index in [0.29, 0.717) is 0 Å². The van der Waals surface area contributed by atoms with Gasteiger partial charge >= 0.3 is 6.03 Å². The Hall–Kier alpha value is -1.49. The van der Waals surface area contributed by atoms with Crippen LogP contribution in [0.2, 0.25) is 0 Å². The van der Waals surface area contributed by atoms with Crippen LogP contribution in [0.25, 0.3) is 0 Å². The lowest BCUT2D eigenvalue weighted by Crippen LogP contribution is -2.46. The zero-order valence-electron chi connectivity index (χ0n) is 12.9. The molecule has 1 fully saturated rings. The second kappa shape index (κ2) is 7.50. The summed E-state index contributed by atoms with van der Waals surface area (Å²) >= 11 is 0. The Morgan fingerprint density at radius 3 is 2.81 bits per heavy atom. The first kappa shape index (κ1) is 15.9. The van der Waals surface area contributed by atoms with Gasteiger partial charge in [0.25, 0.3) is 0 Å². The highest BCUT2D eigenvalue weighted by atomic mass is 16.3. The molecule has 0 saturated heterocycles. The predicted molar refractivity (Wildman–Crippen MR) is 81.0 cm³/mol. The van der Waals surface area contributed by atoms with E-state index in [9.17, 15) is 9.90 Å². The maximum Gasteiger partial charge on any atom is 0.315 e. The van der Waals surface area contributed by atoms with Crippen molar-refractivity contribution in [3.63, 3.8) is 0 Å². The van der Waals surface area contributed by atoms with Crippen LogP contribution in [-0.2, 0) is 0 Å². The van der Waals surface area contributed by atoms with Crippen molar-refractivity contribution in [2.24, 2.45) is 5.92 Å². The van der Waals surface area contributed by atoms with E-state index in [-0.39, 0.29) is 30.6 Å². The molecule has 3 unspecified atom stereocenters. The third kappa shape index (κ3) is 4.49. The van der Waals surface area contributed by atoms with Crippen molar-refractivity contribution in [1.82, 2.24) is 10.6 Å². The number of aliphatic hydroxyl groups is 1. The lowest BCUT2D eigenvalue weighted by Gasteiger charge is -2.25. The number of carbonyl (C=O) groups excluding carboxylic acids is 1. The molecule has 0 aliphatic heterocycles. The Kier molecular flexibility index (Phi) is 5.67. The number of urea groups is 1. The predicted octanol–water partition coefficient (Wildman–Crippen LogP) is 2.89. The van der Waals surface area contributed by atoms with Gasteiger partial charge < -0.3 is 20.2 Å². The molecule has 5 heteroatoms. The molecule has 2 rings (SSSR count). The largest absolute Gasteiger partial charge is 0.464 e. The molecule has 1 heterocycles. The molecule has 21 heavy (non-hydrogen) atoms. The number of hydrogen-bond acceptors (Lipinski definition) is 3. The first-order valence-corrected chi connectivity index (χ1v) is 7.84. The highest BCUT2D eigenvalue weighted by Crippen LogP contribution is 2.23. The van der Waals surface area contributed by atoms with E-state index >= 15 is 0 Å². The van der Waals surface area contributed by atoms with Crippen molar-refractivity contribution in [1.29, 1.82) is 0 Å². The summed E-state index contributed by atoms with van der Waals surface area (Å²) in [4.78, 5) is 12.1. The van der Waals surface area contributed by atoms with E-state index in [1.54, 1.807) is 0 Å². The molecule has 3 atom stereocenters. The molecule has 1 saturated carbocycles. The van der Waals surface area contributed by atoms with Gasteiger partial charge in [0.05, 0.1) is 6.04 Å². The maximum atomic E-state index is 12.1. The minimum Gasteiger partial charge on any atom is -0.464 e. The second-order valence-electron chi connectivity index (χ2n) is 5.98. The quantitative estimate of drug-likeness (QED) is 0.747. The van der Waals surface area contributed by atoms with E-state index in [1.165, 1.54) is 6.42 Å². The van der Waals surface area contributed by atoms with Crippen LogP contribution in [0, 0.1) is 12.8 Å². The van der Waals surface area contributed by atoms with Gasteiger partial charge in [-0.15, -0.1) is 0 Å². The summed E-state index contributed by atoms with van der Waals surface area (Å²) in [5.41, 5.74) is 0. The third-order valence-electron chi connectivity index (χ3n) is 4.25. The Balaban J connectivity index is 1.87. The second-order valence-corrected chi connectivity index (χ2v) is 5.98. The zero-order chi connectivity index (χ0) is 15.2. The standard InChI is InChI=1S/C16H26N2O3/c1-11-8-9-15(21-11)12(2)17-16(20)18-14-7-5-3-4-6-13(14)10-19/h8-9,12-14,19H,3-7,10H2,1-2H3,(H2,17,18,20). The SMILES string of the molecule is Cc1ccc(C(C)NC(=O)NC2CCCCCC2CO)o1. The average molecular weight is 294 g/mol. The van der Waals surface area contributed by atoms with Gasteiger partial charge in [-0.2, -0.15) is 0 Å². The van der Waals surface area contributed by atoms with Gasteiger partial charge in [0.1, 0.15) is 11.5 Å². The number of carbonyl (C=O) groups is 1. The van der Waals surface area contributed by atoms with E-state index in [4.69, 9.17) is 4.42 Å². The number of aryl methyl sites for hydroxylation is 1. The minimum absolute atomic E-state index is 0.0584. The summed E-state index contributed by atoms with van der Waals surface area (Å²) < 4.78 is 5.52. The van der Waals surface area contributed by atoms with Crippen LogP contribution in [0.1, 0.15) is 56.6 Å². The Morgan fingerprint density at radius 2 is 2.14 bits per heavy atom. The van der Waals surface area contributed by atoms with Crippen molar-refractivity contribution in [3.05, 3.63) is 23.7 Å². The fourth-order valence-electron chi connectivity index (χ4n) is 2.96. The number of hydrogen-bond donors (Lipinski definition) is 3. The number of furan rings is 1. The molecule has 118 valence electrons. The summed E-state index contributed by atoms with van der Waals surface area (Å²) in [5.74, 6) is 1.75. The van der Waals surface area contributed by atoms with Gasteiger partial charge in [-0.3, -0.25) is 0 Å². The summed E-state index contributed by atoms with van der Waals surface area (Å²) in [5, 5.41) is 15.4. The van der Waals surface area contributed by atoms with Gasteiger partial charge in [0.2, 0.25) is 0 Å². The van der Waals surface area contributed by atoms with E-state index in [1.807, 2.05) is 26.0 Å². The Labute approximate surface area is 126 Å². The molecule has 0 aromatic carbocycles. The molecular formula is C16H26N2O3. The van der Waals surface area contributed by atoms with Crippen molar-refractivity contribution in [3.8, 4) is 0 Å². The normalized spacial score (nSPS) is 24.1. The van der Waals surface area contributed by atoms with Crippen LogP contribution in [0.3, 0.4) is 0 Å². The summed E-state index contributed by atoms with van der Waals surface area (Å²) in [6.07, 6.45) is 5.33. The Bertz CT molecular complexity index is 458. The number of nitrogens with one attached hydrogen (secondary N) is 2. The monoisotopic (exact) mass is 294 g/mol. The number of amides is 2. The lowest BCUT2D eigenvalue weighted by atomic mass is 9.96. The first-order chi connectivity index (χ1) is 10.1. The number of rotatable bonds is 4. The van der Waals surface area contributed by atoms with Gasteiger partial charge in [-0.25, -0.2) is 4.79 Å². The average Bonchev–Trinajstić information content (AvgIpc) is 2.76. The molecular weight excluding hydrogens is 268 g/mol. The molecule has 2 amide bonds. The van der Waals surface area contributed by atoms with Gasteiger partial charge in [0, 0.05) is 18.6 Å². The smallest absolute Gasteiger partial charge is 0.315 e. The molecule has 3 N–H and O–H groups in total. The maximum absolute atomic E-state index is 12.1. The molecule has 1 aliphatic rings. The summed E-state index contributed by atoms with van der Waals surface area (Å²) in [6, 6.07) is 3.46. The fraction of sp³-hybridized carbons (Fsp3) is 0.688. The van der Waals surface area contributed by atoms with Crippen molar-refractivity contribution in [2.45, 2.75) is 58.0 Å². The molecule has 0 bridgehead atoms. The van der Waals surface area contributed by atoms with Crippen LogP contribution in [0.5, 0.6) is 0 Å². The summed E-state index contributed by atoms with van der Waals surface area (Å²) in [7, 11) is 0. The Morgan fingerprint density at radius 1 is 1.38 bits per heavy atom. The van der Waals surface area contributed by atoms with E-state index in [0.717, 1.165) is 37.2 Å². The van der Waals surface area contributed by atoms with E-state index in [2.05, 4.69) is 10.6 Å². The third-order valence-corrected chi connectivity index (χ3v) is 4.25. The lowest BCUT2D eigenvalue weighted by molar-refractivity contribution is 0.178. The van der Waals surface area contributed by atoms with Crippen molar-refractivity contribution >= 4 is 6.03 Å². The minimum atomic E-state index is -0.193. The zero-order valence-corrected chi connectivity index (χ0v) is 12.9. The van der Waals surface area contributed by atoms with Crippen molar-refractivity contribution < 1.29 is 14.3 Å². The van der Waals surface area contributed by atoms with Crippen LogP contribution >= 0.6 is 0 Å². The van der Waals surface area contributed by atoms with E-state index < -0.39 is 0 Å². The van der Waals surface area contributed by atoms with Crippen molar-refractivity contribution in [2.75, 3.05) is 6.61 Å².